The second kappa shape index (κ2) is 7.86. The molecule has 1 atom stereocenters. The van der Waals surface area contributed by atoms with E-state index in [2.05, 4.69) is 20.4 Å². The second-order valence-corrected chi connectivity index (χ2v) is 6.03. The highest BCUT2D eigenvalue weighted by Gasteiger charge is 2.16. The molecule has 0 aliphatic rings. The smallest absolute Gasteiger partial charge is 0.266 e. The van der Waals surface area contributed by atoms with Crippen LogP contribution in [0.25, 0.3) is 5.82 Å². The molecule has 0 bridgehead atoms. The molecule has 1 unspecified atom stereocenters. The summed E-state index contributed by atoms with van der Waals surface area (Å²) in [6.07, 6.45) is 0.682. The fourth-order valence-corrected chi connectivity index (χ4v) is 2.53. The van der Waals surface area contributed by atoms with Gasteiger partial charge in [-0.25, -0.2) is 14.6 Å². The maximum absolute atomic E-state index is 12.4. The number of carbonyl (C=O) groups is 1. The zero-order chi connectivity index (χ0) is 19.4. The van der Waals surface area contributed by atoms with Gasteiger partial charge < -0.3 is 14.8 Å². The Morgan fingerprint density at radius 2 is 1.81 bits per heavy atom. The van der Waals surface area contributed by atoms with E-state index in [9.17, 15) is 4.79 Å². The van der Waals surface area contributed by atoms with Crippen molar-refractivity contribution in [2.45, 2.75) is 26.9 Å². The number of hydrogen-bond donors (Lipinski definition) is 1. The summed E-state index contributed by atoms with van der Waals surface area (Å²) in [5.74, 6) is 1.93. The predicted molar refractivity (Wildman–Crippen MR) is 100 cm³/mol. The molecule has 3 rings (SSSR count). The Hall–Kier alpha value is -3.42. The monoisotopic (exact) mass is 367 g/mol. The van der Waals surface area contributed by atoms with E-state index in [4.69, 9.17) is 9.47 Å². The highest BCUT2D eigenvalue weighted by atomic mass is 16.5. The molecule has 2 heterocycles. The first-order valence-corrected chi connectivity index (χ1v) is 8.43. The number of ether oxygens (including phenoxy) is 2. The van der Waals surface area contributed by atoms with Gasteiger partial charge in [0.05, 0.1) is 12.8 Å². The Balaban J connectivity index is 1.68. The number of nitrogens with zero attached hydrogens (tertiary/aromatic N) is 4. The van der Waals surface area contributed by atoms with Gasteiger partial charge in [0.1, 0.15) is 23.6 Å². The lowest BCUT2D eigenvalue weighted by atomic mass is 10.3. The van der Waals surface area contributed by atoms with Crippen LogP contribution in [0.4, 0.5) is 5.82 Å². The van der Waals surface area contributed by atoms with Gasteiger partial charge in [0.2, 0.25) is 0 Å². The molecular weight excluding hydrogens is 346 g/mol. The molecule has 3 aromatic rings. The van der Waals surface area contributed by atoms with Crippen LogP contribution in [-0.2, 0) is 4.79 Å². The molecule has 8 heteroatoms. The maximum Gasteiger partial charge on any atom is 0.266 e. The van der Waals surface area contributed by atoms with Crippen LogP contribution in [-0.4, -0.2) is 38.9 Å². The molecule has 0 saturated carbocycles. The summed E-state index contributed by atoms with van der Waals surface area (Å²) in [6, 6.07) is 10.6. The number of aryl methyl sites for hydroxylation is 2. The van der Waals surface area contributed by atoms with Gasteiger partial charge in [-0.1, -0.05) is 0 Å². The lowest BCUT2D eigenvalue weighted by Gasteiger charge is -2.15. The van der Waals surface area contributed by atoms with E-state index in [0.29, 0.717) is 17.4 Å². The van der Waals surface area contributed by atoms with Crippen molar-refractivity contribution in [3.63, 3.8) is 0 Å². The number of benzene rings is 1. The summed E-state index contributed by atoms with van der Waals surface area (Å²) in [6.45, 7) is 5.51. The van der Waals surface area contributed by atoms with E-state index in [1.54, 1.807) is 49.0 Å². The number of methoxy groups -OCH3 is 1. The molecule has 0 saturated heterocycles. The van der Waals surface area contributed by atoms with Crippen LogP contribution in [0, 0.1) is 13.8 Å². The Morgan fingerprint density at radius 3 is 2.44 bits per heavy atom. The van der Waals surface area contributed by atoms with Gasteiger partial charge in [0.25, 0.3) is 5.91 Å². The van der Waals surface area contributed by atoms with Crippen LogP contribution in [0.1, 0.15) is 18.3 Å². The van der Waals surface area contributed by atoms with E-state index in [0.717, 1.165) is 17.1 Å². The molecule has 1 amide bonds. The quantitative estimate of drug-likeness (QED) is 0.720. The maximum atomic E-state index is 12.4. The van der Waals surface area contributed by atoms with Crippen molar-refractivity contribution in [3.8, 4) is 17.3 Å². The van der Waals surface area contributed by atoms with Crippen LogP contribution in [0.2, 0.25) is 0 Å². The largest absolute Gasteiger partial charge is 0.497 e. The van der Waals surface area contributed by atoms with Crippen molar-refractivity contribution in [3.05, 3.63) is 54.1 Å². The van der Waals surface area contributed by atoms with Gasteiger partial charge in [-0.15, -0.1) is 0 Å². The van der Waals surface area contributed by atoms with Crippen molar-refractivity contribution >= 4 is 11.7 Å². The molecule has 0 radical (unpaired) electrons. The van der Waals surface area contributed by atoms with E-state index in [1.165, 1.54) is 6.33 Å². The minimum Gasteiger partial charge on any atom is -0.497 e. The van der Waals surface area contributed by atoms with Crippen molar-refractivity contribution in [2.24, 2.45) is 0 Å². The normalized spacial score (nSPS) is 11.7. The average molecular weight is 367 g/mol. The topological polar surface area (TPSA) is 91.2 Å². The van der Waals surface area contributed by atoms with Gasteiger partial charge in [0, 0.05) is 11.8 Å². The highest BCUT2D eigenvalue weighted by Crippen LogP contribution is 2.19. The predicted octanol–water partition coefficient (Wildman–Crippen LogP) is 2.69. The van der Waals surface area contributed by atoms with Crippen molar-refractivity contribution in [1.82, 2.24) is 19.7 Å². The summed E-state index contributed by atoms with van der Waals surface area (Å²) >= 11 is 0. The van der Waals surface area contributed by atoms with Gasteiger partial charge in [-0.3, -0.25) is 4.79 Å². The van der Waals surface area contributed by atoms with E-state index >= 15 is 0 Å². The summed E-state index contributed by atoms with van der Waals surface area (Å²) in [4.78, 5) is 20.7. The van der Waals surface area contributed by atoms with Crippen LogP contribution in [0.5, 0.6) is 11.5 Å². The Bertz CT molecular complexity index is 937. The van der Waals surface area contributed by atoms with Crippen LogP contribution >= 0.6 is 0 Å². The summed E-state index contributed by atoms with van der Waals surface area (Å²) in [5.41, 5.74) is 1.83. The zero-order valence-electron chi connectivity index (χ0n) is 15.6. The Kier molecular flexibility index (Phi) is 5.35. The number of carbonyl (C=O) groups excluding carboxylic acids is 1. The number of rotatable bonds is 6. The Labute approximate surface area is 157 Å². The third kappa shape index (κ3) is 4.41. The molecule has 8 nitrogen and oxygen atoms in total. The first kappa shape index (κ1) is 18.4. The lowest BCUT2D eigenvalue weighted by molar-refractivity contribution is -0.122. The minimum absolute atomic E-state index is 0.316. The molecule has 2 aromatic heterocycles. The van der Waals surface area contributed by atoms with Gasteiger partial charge >= 0.3 is 0 Å². The molecule has 0 aliphatic heterocycles. The molecule has 140 valence electrons. The van der Waals surface area contributed by atoms with E-state index in [1.807, 2.05) is 19.9 Å². The van der Waals surface area contributed by atoms with Crippen molar-refractivity contribution < 1.29 is 14.3 Å². The van der Waals surface area contributed by atoms with Crippen LogP contribution in [0.15, 0.2) is 42.7 Å². The van der Waals surface area contributed by atoms with Crippen molar-refractivity contribution in [2.75, 3.05) is 12.4 Å². The Morgan fingerprint density at radius 1 is 1.11 bits per heavy atom. The first-order chi connectivity index (χ1) is 13.0. The number of aromatic nitrogens is 4. The first-order valence-electron chi connectivity index (χ1n) is 8.43. The second-order valence-electron chi connectivity index (χ2n) is 6.03. The number of amides is 1. The molecule has 1 aromatic carbocycles. The molecule has 0 fully saturated rings. The fourth-order valence-electron chi connectivity index (χ4n) is 2.53. The van der Waals surface area contributed by atoms with E-state index in [-0.39, 0.29) is 5.91 Å². The third-order valence-corrected chi connectivity index (χ3v) is 3.87. The lowest BCUT2D eigenvalue weighted by Crippen LogP contribution is -2.30. The SMILES string of the molecule is COc1ccc(OC(C)C(=O)Nc2cc(-n3nc(C)cc3C)ncn2)cc1. The standard InChI is InChI=1S/C19H21N5O3/c1-12-9-13(2)24(23-12)18-10-17(20-11-21-18)22-19(25)14(3)27-16-7-5-15(26-4)6-8-16/h5-11,14H,1-4H3,(H,20,21,22,25). The van der Waals surface area contributed by atoms with Gasteiger partial charge in [-0.2, -0.15) is 5.10 Å². The fraction of sp³-hybridized carbons (Fsp3) is 0.263. The molecular formula is C19H21N5O3. The number of nitrogens with one attached hydrogen (secondary N) is 1. The number of hydrogen-bond acceptors (Lipinski definition) is 6. The van der Waals surface area contributed by atoms with Crippen LogP contribution in [0.3, 0.4) is 0 Å². The van der Waals surface area contributed by atoms with Crippen molar-refractivity contribution in [1.29, 1.82) is 0 Å². The van der Waals surface area contributed by atoms with Gasteiger partial charge in [-0.05, 0) is 51.1 Å². The molecule has 0 aliphatic carbocycles. The number of anilines is 1. The third-order valence-electron chi connectivity index (χ3n) is 3.87. The summed E-state index contributed by atoms with van der Waals surface area (Å²) in [7, 11) is 1.59. The highest BCUT2D eigenvalue weighted by molar-refractivity contribution is 5.93. The molecule has 1 N–H and O–H groups in total. The summed E-state index contributed by atoms with van der Waals surface area (Å²) < 4.78 is 12.5. The molecule has 27 heavy (non-hydrogen) atoms. The minimum atomic E-state index is -0.703. The van der Waals surface area contributed by atoms with E-state index < -0.39 is 6.10 Å². The molecule has 0 spiro atoms. The zero-order valence-corrected chi connectivity index (χ0v) is 15.6. The van der Waals surface area contributed by atoms with Crippen LogP contribution < -0.4 is 14.8 Å². The summed E-state index contributed by atoms with van der Waals surface area (Å²) in [5, 5.41) is 7.12. The average Bonchev–Trinajstić information content (AvgIpc) is 3.00. The van der Waals surface area contributed by atoms with Gasteiger partial charge in [0.15, 0.2) is 11.9 Å².